The van der Waals surface area contributed by atoms with E-state index in [-0.39, 0.29) is 18.0 Å². The summed E-state index contributed by atoms with van der Waals surface area (Å²) in [7, 11) is 1.22. The normalized spacial score (nSPS) is 9.87. The second-order valence-electron chi connectivity index (χ2n) is 4.85. The Labute approximate surface area is 135 Å². The van der Waals surface area contributed by atoms with Gasteiger partial charge >= 0.3 is 5.97 Å². The third-order valence-electron chi connectivity index (χ3n) is 3.25. The highest BCUT2D eigenvalue weighted by Crippen LogP contribution is 2.21. The molecule has 0 atom stereocenters. The molecule has 1 rings (SSSR count). The number of hydrogen-bond acceptors (Lipinski definition) is 4. The molecule has 23 heavy (non-hydrogen) atoms. The molecule has 124 valence electrons. The minimum absolute atomic E-state index is 0.0351. The molecule has 0 spiro atoms. The number of benzene rings is 1. The summed E-state index contributed by atoms with van der Waals surface area (Å²) in [5.74, 6) is -1.37. The van der Waals surface area contributed by atoms with E-state index in [1.807, 2.05) is 0 Å². The minimum atomic E-state index is -0.641. The Bertz CT molecular complexity index is 604. The smallest absolute Gasteiger partial charge is 0.338 e. The Kier molecular flexibility index (Phi) is 6.99. The lowest BCUT2D eigenvalue weighted by molar-refractivity contribution is -0.128. The Morgan fingerprint density at radius 3 is 2.43 bits per heavy atom. The lowest BCUT2D eigenvalue weighted by Crippen LogP contribution is -2.35. The highest BCUT2D eigenvalue weighted by molar-refractivity contribution is 5.91. The molecule has 1 N–H and O–H groups in total. The first-order valence-corrected chi connectivity index (χ1v) is 7.06. The standard InChI is InChI=1S/C17H21FN2O3/c1-5-7-20(8-6-2)16(21)11-19-15-10-13(17(22)23-4)9-14(18)12(15)3/h5-6,9-10,19H,1-2,7-8,11H2,3-4H3. The second-order valence-corrected chi connectivity index (χ2v) is 4.85. The van der Waals surface area contributed by atoms with Crippen LogP contribution in [0.2, 0.25) is 0 Å². The monoisotopic (exact) mass is 320 g/mol. The Hall–Kier alpha value is -2.63. The molecule has 1 amide bonds. The van der Waals surface area contributed by atoms with E-state index in [4.69, 9.17) is 0 Å². The van der Waals surface area contributed by atoms with E-state index in [9.17, 15) is 14.0 Å². The summed E-state index contributed by atoms with van der Waals surface area (Å²) in [6.07, 6.45) is 3.23. The third-order valence-corrected chi connectivity index (χ3v) is 3.25. The van der Waals surface area contributed by atoms with E-state index in [0.29, 0.717) is 24.3 Å². The van der Waals surface area contributed by atoms with E-state index in [1.54, 1.807) is 24.0 Å². The predicted molar refractivity (Wildman–Crippen MR) is 87.9 cm³/mol. The van der Waals surface area contributed by atoms with Crippen molar-refractivity contribution in [1.82, 2.24) is 4.90 Å². The molecule has 5 nitrogen and oxygen atoms in total. The lowest BCUT2D eigenvalue weighted by atomic mass is 10.1. The molecule has 6 heteroatoms. The van der Waals surface area contributed by atoms with Crippen molar-refractivity contribution in [3.05, 3.63) is 54.4 Å². The maximum atomic E-state index is 13.9. The fourth-order valence-corrected chi connectivity index (χ4v) is 1.97. The summed E-state index contributed by atoms with van der Waals surface area (Å²) in [5.41, 5.74) is 0.778. The molecule has 0 aliphatic rings. The number of carbonyl (C=O) groups excluding carboxylic acids is 2. The number of nitrogens with zero attached hydrogens (tertiary/aromatic N) is 1. The molecule has 0 bridgehead atoms. The van der Waals surface area contributed by atoms with Crippen molar-refractivity contribution < 1.29 is 18.7 Å². The quantitative estimate of drug-likeness (QED) is 0.591. The maximum absolute atomic E-state index is 13.9. The van der Waals surface area contributed by atoms with Gasteiger partial charge in [0.1, 0.15) is 5.82 Å². The van der Waals surface area contributed by atoms with Crippen LogP contribution < -0.4 is 5.32 Å². The van der Waals surface area contributed by atoms with Crippen LogP contribution in [0.25, 0.3) is 0 Å². The summed E-state index contributed by atoms with van der Waals surface area (Å²) in [5, 5.41) is 2.86. The first kappa shape index (κ1) is 18.4. The topological polar surface area (TPSA) is 58.6 Å². The number of esters is 1. The van der Waals surface area contributed by atoms with Gasteiger partial charge in [0.05, 0.1) is 19.2 Å². The molecule has 0 aromatic heterocycles. The van der Waals surface area contributed by atoms with Gasteiger partial charge in [0.2, 0.25) is 5.91 Å². The number of amides is 1. The van der Waals surface area contributed by atoms with Crippen molar-refractivity contribution >= 4 is 17.6 Å². The van der Waals surface area contributed by atoms with E-state index in [2.05, 4.69) is 23.2 Å². The fourth-order valence-electron chi connectivity index (χ4n) is 1.97. The van der Waals surface area contributed by atoms with Crippen LogP contribution in [-0.2, 0) is 9.53 Å². The van der Waals surface area contributed by atoms with E-state index >= 15 is 0 Å². The molecule has 0 radical (unpaired) electrons. The number of hydrogen-bond donors (Lipinski definition) is 1. The molecule has 0 fully saturated rings. The summed E-state index contributed by atoms with van der Waals surface area (Å²) in [6.45, 7) is 9.51. The summed E-state index contributed by atoms with van der Waals surface area (Å²) in [4.78, 5) is 25.2. The third kappa shape index (κ3) is 4.95. The summed E-state index contributed by atoms with van der Waals surface area (Å²) < 4.78 is 18.5. The molecule has 0 aliphatic carbocycles. The molecule has 0 heterocycles. The van der Waals surface area contributed by atoms with E-state index < -0.39 is 11.8 Å². The van der Waals surface area contributed by atoms with Crippen molar-refractivity contribution in [3.8, 4) is 0 Å². The fraction of sp³-hybridized carbons (Fsp3) is 0.294. The van der Waals surface area contributed by atoms with Gasteiger partial charge in [-0.3, -0.25) is 4.79 Å². The van der Waals surface area contributed by atoms with Crippen LogP contribution in [0, 0.1) is 12.7 Å². The largest absolute Gasteiger partial charge is 0.465 e. The molecule has 0 saturated heterocycles. The predicted octanol–water partition coefficient (Wildman–Crippen LogP) is 2.53. The van der Waals surface area contributed by atoms with Gasteiger partial charge in [-0.1, -0.05) is 12.2 Å². The van der Waals surface area contributed by atoms with Crippen molar-refractivity contribution in [2.75, 3.05) is 32.1 Å². The van der Waals surface area contributed by atoms with Gasteiger partial charge in [0.15, 0.2) is 0 Å². The van der Waals surface area contributed by atoms with Gasteiger partial charge < -0.3 is 15.0 Å². The van der Waals surface area contributed by atoms with Gasteiger partial charge in [0, 0.05) is 24.3 Å². The van der Waals surface area contributed by atoms with Crippen LogP contribution in [-0.4, -0.2) is 43.5 Å². The van der Waals surface area contributed by atoms with Crippen molar-refractivity contribution in [3.63, 3.8) is 0 Å². The van der Waals surface area contributed by atoms with Crippen LogP contribution in [0.4, 0.5) is 10.1 Å². The van der Waals surface area contributed by atoms with Crippen LogP contribution >= 0.6 is 0 Å². The first-order chi connectivity index (χ1) is 10.9. The van der Waals surface area contributed by atoms with Crippen LogP contribution in [0.3, 0.4) is 0 Å². The van der Waals surface area contributed by atoms with Crippen LogP contribution in [0.5, 0.6) is 0 Å². The van der Waals surface area contributed by atoms with Gasteiger partial charge in [-0.15, -0.1) is 13.2 Å². The number of carbonyl (C=O) groups is 2. The Morgan fingerprint density at radius 2 is 1.91 bits per heavy atom. The van der Waals surface area contributed by atoms with Gasteiger partial charge in [-0.2, -0.15) is 0 Å². The number of nitrogens with one attached hydrogen (secondary N) is 1. The summed E-state index contributed by atoms with van der Waals surface area (Å²) in [6, 6.07) is 2.57. The molecule has 0 aliphatic heterocycles. The van der Waals surface area contributed by atoms with Gasteiger partial charge in [-0.25, -0.2) is 9.18 Å². The average Bonchev–Trinajstić information content (AvgIpc) is 2.54. The number of rotatable bonds is 8. The second kappa shape index (κ2) is 8.73. The van der Waals surface area contributed by atoms with Crippen molar-refractivity contribution in [1.29, 1.82) is 0 Å². The lowest BCUT2D eigenvalue weighted by Gasteiger charge is -2.20. The zero-order valence-electron chi connectivity index (χ0n) is 13.4. The SMILES string of the molecule is C=CCN(CC=C)C(=O)CNc1cc(C(=O)OC)cc(F)c1C. The highest BCUT2D eigenvalue weighted by Gasteiger charge is 2.15. The molecule has 1 aromatic carbocycles. The summed E-state index contributed by atoms with van der Waals surface area (Å²) >= 11 is 0. The minimum Gasteiger partial charge on any atom is -0.465 e. The molecule has 0 unspecified atom stereocenters. The molecule has 1 aromatic rings. The van der Waals surface area contributed by atoms with E-state index in [1.165, 1.54) is 13.2 Å². The highest BCUT2D eigenvalue weighted by atomic mass is 19.1. The number of methoxy groups -OCH3 is 1. The zero-order valence-corrected chi connectivity index (χ0v) is 13.4. The molecular weight excluding hydrogens is 299 g/mol. The van der Waals surface area contributed by atoms with Crippen LogP contribution in [0.1, 0.15) is 15.9 Å². The van der Waals surface area contributed by atoms with Crippen molar-refractivity contribution in [2.24, 2.45) is 0 Å². The maximum Gasteiger partial charge on any atom is 0.338 e. The van der Waals surface area contributed by atoms with Crippen molar-refractivity contribution in [2.45, 2.75) is 6.92 Å². The van der Waals surface area contributed by atoms with E-state index in [0.717, 1.165) is 6.07 Å². The first-order valence-electron chi connectivity index (χ1n) is 7.06. The average molecular weight is 320 g/mol. The molecule has 0 saturated carbocycles. The molecular formula is C17H21FN2O3. The van der Waals surface area contributed by atoms with Crippen LogP contribution in [0.15, 0.2) is 37.4 Å². The Morgan fingerprint density at radius 1 is 1.30 bits per heavy atom. The van der Waals surface area contributed by atoms with Gasteiger partial charge in [-0.05, 0) is 19.1 Å². The number of anilines is 1. The number of ether oxygens (including phenoxy) is 1. The Balaban J connectivity index is 2.89. The zero-order chi connectivity index (χ0) is 17.4. The van der Waals surface area contributed by atoms with Gasteiger partial charge in [0.25, 0.3) is 0 Å². The number of halogens is 1.